The van der Waals surface area contributed by atoms with E-state index in [0.29, 0.717) is 36.3 Å². The lowest BCUT2D eigenvalue weighted by Crippen LogP contribution is -2.49. The number of rotatable bonds is 12. The van der Waals surface area contributed by atoms with Crippen LogP contribution in [0.15, 0.2) is 53.2 Å². The van der Waals surface area contributed by atoms with E-state index in [1.165, 1.54) is 11.1 Å². The number of pyridine rings is 1. The van der Waals surface area contributed by atoms with Gasteiger partial charge in [-0.05, 0) is 92.5 Å². The van der Waals surface area contributed by atoms with Crippen LogP contribution in [0.3, 0.4) is 0 Å². The Morgan fingerprint density at radius 3 is 2.51 bits per heavy atom. The molecule has 1 saturated heterocycles. The summed E-state index contributed by atoms with van der Waals surface area (Å²) in [5.41, 5.74) is 4.76. The molecule has 3 heterocycles. The molecule has 0 spiro atoms. The van der Waals surface area contributed by atoms with E-state index >= 15 is 0 Å². The third-order valence-electron chi connectivity index (χ3n) is 7.96. The van der Waals surface area contributed by atoms with Crippen molar-refractivity contribution < 1.29 is 9.59 Å². The maximum absolute atomic E-state index is 13.4. The summed E-state index contributed by atoms with van der Waals surface area (Å²) in [7, 11) is 0. The van der Waals surface area contributed by atoms with Crippen molar-refractivity contribution in [1.82, 2.24) is 14.8 Å². The smallest absolute Gasteiger partial charge is 0.223 e. The highest BCUT2D eigenvalue weighted by molar-refractivity contribution is 7.07. The zero-order chi connectivity index (χ0) is 27.8. The van der Waals surface area contributed by atoms with Gasteiger partial charge in [0.25, 0.3) is 0 Å². The lowest BCUT2D eigenvalue weighted by molar-refractivity contribution is -0.135. The number of hydrogen-bond donors (Lipinski definition) is 0. The van der Waals surface area contributed by atoms with Crippen molar-refractivity contribution in [2.24, 2.45) is 0 Å². The van der Waals surface area contributed by atoms with Gasteiger partial charge in [-0.2, -0.15) is 11.3 Å². The normalized spacial score (nSPS) is 15.3. The number of aromatic nitrogens is 1. The Labute approximate surface area is 242 Å². The first-order chi connectivity index (χ1) is 18.8. The third-order valence-corrected chi connectivity index (χ3v) is 8.88. The van der Waals surface area contributed by atoms with Gasteiger partial charge >= 0.3 is 0 Å². The summed E-state index contributed by atoms with van der Waals surface area (Å²) >= 11 is 7.72. The van der Waals surface area contributed by atoms with Gasteiger partial charge in [-0.3, -0.25) is 9.59 Å². The van der Waals surface area contributed by atoms with E-state index in [9.17, 15) is 9.59 Å². The van der Waals surface area contributed by atoms with E-state index in [2.05, 4.69) is 50.7 Å². The van der Waals surface area contributed by atoms with Crippen molar-refractivity contribution in [3.05, 3.63) is 86.3 Å². The summed E-state index contributed by atoms with van der Waals surface area (Å²) < 4.78 is 0. The van der Waals surface area contributed by atoms with Gasteiger partial charge in [-0.25, -0.2) is 4.98 Å². The summed E-state index contributed by atoms with van der Waals surface area (Å²) in [6.45, 7) is 8.69. The minimum Gasteiger partial charge on any atom is -0.335 e. The maximum atomic E-state index is 13.4. The minimum atomic E-state index is 0.151. The molecule has 0 saturated carbocycles. The van der Waals surface area contributed by atoms with Crippen LogP contribution in [0, 0.1) is 13.8 Å². The standard InChI is InChI=1S/C32H40ClN3O2S/c1-23-20-30(33)34-25(3)32(23)29(37)11-7-8-24(2)35-17-14-28(15-18-35)36(21-27-16-19-39-22-27)31(38)13-12-26-9-5-4-6-10-26/h4-6,9-10,16,19-20,22,24,28H,7-8,11-15,17-18,21H2,1-3H3. The van der Waals surface area contributed by atoms with Crippen molar-refractivity contribution in [3.8, 4) is 0 Å². The first-order valence-electron chi connectivity index (χ1n) is 14.1. The molecule has 208 valence electrons. The van der Waals surface area contributed by atoms with Gasteiger partial charge in [0.15, 0.2) is 5.78 Å². The number of Topliss-reactive ketones (excluding diaryl/α,β-unsaturated/α-hetero) is 1. The van der Waals surface area contributed by atoms with E-state index in [0.717, 1.165) is 56.3 Å². The Kier molecular flexibility index (Phi) is 10.7. The second kappa shape index (κ2) is 14.2. The van der Waals surface area contributed by atoms with Gasteiger partial charge in [0, 0.05) is 50.1 Å². The molecule has 0 N–H and O–H groups in total. The molecule has 0 bridgehead atoms. The van der Waals surface area contributed by atoms with Gasteiger partial charge in [-0.15, -0.1) is 0 Å². The summed E-state index contributed by atoms with van der Waals surface area (Å²) in [4.78, 5) is 35.2. The zero-order valence-corrected chi connectivity index (χ0v) is 24.9. The van der Waals surface area contributed by atoms with Crippen molar-refractivity contribution in [2.75, 3.05) is 13.1 Å². The molecule has 7 heteroatoms. The molecule has 1 amide bonds. The maximum Gasteiger partial charge on any atom is 0.223 e. The molecule has 4 rings (SSSR count). The fourth-order valence-electron chi connectivity index (χ4n) is 5.75. The fraction of sp³-hybridized carbons (Fsp3) is 0.469. The van der Waals surface area contributed by atoms with Gasteiger partial charge in [0.2, 0.25) is 5.91 Å². The third kappa shape index (κ3) is 8.23. The fourth-order valence-corrected chi connectivity index (χ4v) is 6.70. The number of ketones is 1. The topological polar surface area (TPSA) is 53.5 Å². The molecule has 0 aliphatic carbocycles. The van der Waals surface area contributed by atoms with Crippen LogP contribution in [-0.4, -0.2) is 51.6 Å². The van der Waals surface area contributed by atoms with Crippen molar-refractivity contribution >= 4 is 34.6 Å². The molecule has 1 aliphatic rings. The van der Waals surface area contributed by atoms with E-state index in [1.807, 2.05) is 32.0 Å². The van der Waals surface area contributed by atoms with E-state index in [1.54, 1.807) is 17.4 Å². The number of benzene rings is 1. The highest BCUT2D eigenvalue weighted by atomic mass is 35.5. The Hall–Kier alpha value is -2.54. The van der Waals surface area contributed by atoms with Crippen LogP contribution >= 0.6 is 22.9 Å². The molecule has 2 aromatic heterocycles. The molecular weight excluding hydrogens is 526 g/mol. The van der Waals surface area contributed by atoms with Crippen molar-refractivity contribution in [1.29, 1.82) is 0 Å². The lowest BCUT2D eigenvalue weighted by atomic mass is 9.96. The van der Waals surface area contributed by atoms with Crippen LogP contribution < -0.4 is 0 Å². The summed E-state index contributed by atoms with van der Waals surface area (Å²) in [6.07, 6.45) is 5.64. The average molecular weight is 566 g/mol. The quantitative estimate of drug-likeness (QED) is 0.171. The Bertz CT molecular complexity index is 1200. The van der Waals surface area contributed by atoms with E-state index in [4.69, 9.17) is 11.6 Å². The van der Waals surface area contributed by atoms with Crippen LogP contribution in [0.1, 0.15) is 78.2 Å². The van der Waals surface area contributed by atoms with Crippen LogP contribution in [0.5, 0.6) is 0 Å². The molecule has 39 heavy (non-hydrogen) atoms. The molecular formula is C32H40ClN3O2S. The molecule has 1 atom stereocenters. The highest BCUT2D eigenvalue weighted by Gasteiger charge is 2.29. The van der Waals surface area contributed by atoms with E-state index < -0.39 is 0 Å². The van der Waals surface area contributed by atoms with Crippen molar-refractivity contribution in [2.45, 2.75) is 84.3 Å². The number of piperidine rings is 1. The van der Waals surface area contributed by atoms with Gasteiger partial charge in [-0.1, -0.05) is 41.9 Å². The molecule has 1 aliphatic heterocycles. The Morgan fingerprint density at radius 2 is 1.85 bits per heavy atom. The summed E-state index contributed by atoms with van der Waals surface area (Å²) in [5.74, 6) is 0.399. The minimum absolute atomic E-state index is 0.151. The predicted octanol–water partition coefficient (Wildman–Crippen LogP) is 7.28. The molecule has 5 nitrogen and oxygen atoms in total. The predicted molar refractivity (Wildman–Crippen MR) is 161 cm³/mol. The summed E-state index contributed by atoms with van der Waals surface area (Å²) in [6, 6.07) is 14.8. The molecule has 0 radical (unpaired) electrons. The molecule has 3 aromatic rings. The number of amides is 1. The van der Waals surface area contributed by atoms with Crippen LogP contribution in [0.4, 0.5) is 0 Å². The largest absolute Gasteiger partial charge is 0.335 e. The lowest BCUT2D eigenvalue weighted by Gasteiger charge is -2.41. The molecule has 1 fully saturated rings. The SMILES string of the molecule is Cc1cc(Cl)nc(C)c1C(=O)CCCC(C)N1CCC(N(Cc2ccsc2)C(=O)CCc2ccccc2)CC1. The first-order valence-corrected chi connectivity index (χ1v) is 15.4. The second-order valence-electron chi connectivity index (χ2n) is 10.8. The number of carbonyl (C=O) groups is 2. The molecule has 1 aromatic carbocycles. The van der Waals surface area contributed by atoms with E-state index in [-0.39, 0.29) is 17.7 Å². The Balaban J connectivity index is 1.27. The van der Waals surface area contributed by atoms with Crippen LogP contribution in [0.25, 0.3) is 0 Å². The number of nitrogens with zero attached hydrogens (tertiary/aromatic N) is 3. The highest BCUT2D eigenvalue weighted by Crippen LogP contribution is 2.25. The van der Waals surface area contributed by atoms with Crippen LogP contribution in [0.2, 0.25) is 5.15 Å². The number of thiophene rings is 1. The van der Waals surface area contributed by atoms with Gasteiger partial charge in [0.05, 0.1) is 5.69 Å². The monoisotopic (exact) mass is 565 g/mol. The van der Waals surface area contributed by atoms with Gasteiger partial charge < -0.3 is 9.80 Å². The molecule has 1 unspecified atom stereocenters. The number of halogens is 1. The van der Waals surface area contributed by atoms with Gasteiger partial charge in [0.1, 0.15) is 5.15 Å². The number of likely N-dealkylation sites (tertiary alicyclic amines) is 1. The zero-order valence-electron chi connectivity index (χ0n) is 23.4. The second-order valence-corrected chi connectivity index (χ2v) is 12.0. The first kappa shape index (κ1) is 29.4. The Morgan fingerprint density at radius 1 is 1.10 bits per heavy atom. The number of carbonyl (C=O) groups excluding carboxylic acids is 2. The van der Waals surface area contributed by atoms with Crippen LogP contribution in [-0.2, 0) is 17.8 Å². The number of aryl methyl sites for hydroxylation is 3. The summed E-state index contributed by atoms with van der Waals surface area (Å²) in [5, 5.41) is 4.67. The average Bonchev–Trinajstić information content (AvgIpc) is 3.44. The number of hydrogen-bond acceptors (Lipinski definition) is 5. The van der Waals surface area contributed by atoms with Crippen molar-refractivity contribution in [3.63, 3.8) is 0 Å².